The molecule has 2 rings (SSSR count). The van der Waals surface area contributed by atoms with Crippen molar-refractivity contribution in [1.82, 2.24) is 9.55 Å². The highest BCUT2D eigenvalue weighted by Gasteiger charge is 2.13. The Kier molecular flexibility index (Phi) is 5.07. The lowest BCUT2D eigenvalue weighted by molar-refractivity contribution is 0.287. The minimum Gasteiger partial charge on any atom is -0.490 e. The number of aromatic nitrogens is 2. The monoisotopic (exact) mass is 306 g/mol. The molecule has 1 aromatic heterocycles. The molecule has 21 heavy (non-hydrogen) atoms. The van der Waals surface area contributed by atoms with Gasteiger partial charge in [0.05, 0.1) is 18.9 Å². The fourth-order valence-electron chi connectivity index (χ4n) is 2.25. The van der Waals surface area contributed by atoms with E-state index in [0.29, 0.717) is 23.9 Å². The Morgan fingerprint density at radius 2 is 1.81 bits per heavy atom. The summed E-state index contributed by atoms with van der Waals surface area (Å²) in [5.74, 6) is 1.88. The fraction of sp³-hybridized carbons (Fsp3) is 0.438. The highest BCUT2D eigenvalue weighted by Crippen LogP contribution is 2.31. The topological polar surface area (TPSA) is 39.2 Å². The van der Waals surface area contributed by atoms with E-state index in [1.54, 1.807) is 0 Å². The van der Waals surface area contributed by atoms with Crippen molar-refractivity contribution in [2.24, 2.45) is 0 Å². The molecule has 0 aliphatic heterocycles. The molecule has 0 amide bonds. The summed E-state index contributed by atoms with van der Waals surface area (Å²) >= 11 is 5.40. The molecule has 1 heterocycles. The Morgan fingerprint density at radius 1 is 1.14 bits per heavy atom. The van der Waals surface area contributed by atoms with E-state index in [4.69, 9.17) is 21.7 Å². The van der Waals surface area contributed by atoms with Crippen LogP contribution in [0, 0.1) is 4.77 Å². The molecule has 0 unspecified atom stereocenters. The average Bonchev–Trinajstić information content (AvgIpc) is 2.83. The van der Waals surface area contributed by atoms with Crippen molar-refractivity contribution in [3.63, 3.8) is 0 Å². The highest BCUT2D eigenvalue weighted by molar-refractivity contribution is 7.71. The first-order valence-corrected chi connectivity index (χ1v) is 7.69. The summed E-state index contributed by atoms with van der Waals surface area (Å²) < 4.78 is 14.0. The molecular formula is C16H22N2O2S. The number of hydrogen-bond acceptors (Lipinski definition) is 3. The Morgan fingerprint density at radius 3 is 2.43 bits per heavy atom. The molecule has 0 radical (unpaired) electrons. The van der Waals surface area contributed by atoms with Gasteiger partial charge in [-0.3, -0.25) is 4.57 Å². The summed E-state index contributed by atoms with van der Waals surface area (Å²) in [4.78, 5) is 3.11. The summed E-state index contributed by atoms with van der Waals surface area (Å²) in [5, 5.41) is 0. The summed E-state index contributed by atoms with van der Waals surface area (Å²) in [6.07, 6.45) is 1.96. The molecule has 0 aliphatic rings. The first-order valence-electron chi connectivity index (χ1n) is 7.28. The van der Waals surface area contributed by atoms with E-state index in [-0.39, 0.29) is 0 Å². The molecule has 0 spiro atoms. The highest BCUT2D eigenvalue weighted by atomic mass is 32.1. The number of nitrogens with zero attached hydrogens (tertiary/aromatic N) is 1. The largest absolute Gasteiger partial charge is 0.490 e. The summed E-state index contributed by atoms with van der Waals surface area (Å²) in [7, 11) is 0. The molecule has 2 aromatic rings. The van der Waals surface area contributed by atoms with Crippen LogP contribution in [-0.2, 0) is 0 Å². The number of ether oxygens (including phenoxy) is 2. The average molecular weight is 306 g/mol. The van der Waals surface area contributed by atoms with E-state index < -0.39 is 0 Å². The molecule has 1 aromatic carbocycles. The van der Waals surface area contributed by atoms with Gasteiger partial charge in [0.2, 0.25) is 0 Å². The minimum absolute atomic E-state index is 0.375. The SMILES string of the molecule is CCOc1ccc(-n2c(C(C)C)c[nH]c2=S)cc1OCC. The van der Waals surface area contributed by atoms with Gasteiger partial charge in [-0.2, -0.15) is 0 Å². The van der Waals surface area contributed by atoms with Crippen molar-refractivity contribution >= 4 is 12.2 Å². The fourth-order valence-corrected chi connectivity index (χ4v) is 2.52. The normalized spacial score (nSPS) is 10.9. The molecule has 0 bridgehead atoms. The Balaban J connectivity index is 2.52. The van der Waals surface area contributed by atoms with Gasteiger partial charge in [0.25, 0.3) is 0 Å². The second-order valence-corrected chi connectivity index (χ2v) is 5.39. The summed E-state index contributed by atoms with van der Waals surface area (Å²) in [6.45, 7) is 9.42. The van der Waals surface area contributed by atoms with E-state index in [2.05, 4.69) is 18.8 Å². The van der Waals surface area contributed by atoms with Crippen LogP contribution in [0.4, 0.5) is 0 Å². The predicted molar refractivity (Wildman–Crippen MR) is 87.4 cm³/mol. The lowest BCUT2D eigenvalue weighted by Gasteiger charge is -2.15. The van der Waals surface area contributed by atoms with Gasteiger partial charge in [0.15, 0.2) is 16.3 Å². The third-order valence-electron chi connectivity index (χ3n) is 3.18. The maximum atomic E-state index is 5.69. The zero-order chi connectivity index (χ0) is 15.4. The van der Waals surface area contributed by atoms with Crippen LogP contribution in [0.3, 0.4) is 0 Å². The number of aromatic amines is 1. The molecule has 0 saturated carbocycles. The van der Waals surface area contributed by atoms with Gasteiger partial charge in [-0.1, -0.05) is 13.8 Å². The predicted octanol–water partition coefficient (Wildman–Crippen LogP) is 4.46. The Bertz CT molecular complexity index is 659. The maximum absolute atomic E-state index is 5.69. The van der Waals surface area contributed by atoms with Crippen molar-refractivity contribution in [2.45, 2.75) is 33.6 Å². The third kappa shape index (κ3) is 3.29. The van der Waals surface area contributed by atoms with Gasteiger partial charge in [-0.15, -0.1) is 0 Å². The smallest absolute Gasteiger partial charge is 0.182 e. The molecule has 0 fully saturated rings. The number of imidazole rings is 1. The first-order chi connectivity index (χ1) is 10.1. The van der Waals surface area contributed by atoms with Crippen molar-refractivity contribution in [3.05, 3.63) is 34.9 Å². The zero-order valence-electron chi connectivity index (χ0n) is 13.0. The van der Waals surface area contributed by atoms with Gasteiger partial charge in [-0.05, 0) is 44.1 Å². The molecule has 4 nitrogen and oxygen atoms in total. The second kappa shape index (κ2) is 6.80. The number of rotatable bonds is 6. The van der Waals surface area contributed by atoms with Gasteiger partial charge in [-0.25, -0.2) is 0 Å². The van der Waals surface area contributed by atoms with Crippen molar-refractivity contribution in [1.29, 1.82) is 0 Å². The second-order valence-electron chi connectivity index (χ2n) is 5.01. The van der Waals surface area contributed by atoms with Crippen LogP contribution >= 0.6 is 12.2 Å². The molecule has 0 atom stereocenters. The Hall–Kier alpha value is -1.75. The number of hydrogen-bond donors (Lipinski definition) is 1. The minimum atomic E-state index is 0.375. The van der Waals surface area contributed by atoms with E-state index in [1.165, 1.54) is 0 Å². The van der Waals surface area contributed by atoms with E-state index in [1.807, 2.05) is 42.8 Å². The van der Waals surface area contributed by atoms with Crippen LogP contribution in [0.5, 0.6) is 11.5 Å². The molecule has 0 saturated heterocycles. The third-order valence-corrected chi connectivity index (χ3v) is 3.48. The lowest BCUT2D eigenvalue weighted by atomic mass is 10.1. The van der Waals surface area contributed by atoms with Gasteiger partial charge in [0, 0.05) is 18.0 Å². The molecule has 5 heteroatoms. The lowest BCUT2D eigenvalue weighted by Crippen LogP contribution is -2.04. The summed E-state index contributed by atoms with van der Waals surface area (Å²) in [6, 6.07) is 5.91. The van der Waals surface area contributed by atoms with Crippen LogP contribution in [0.2, 0.25) is 0 Å². The van der Waals surface area contributed by atoms with Crippen LogP contribution in [0.15, 0.2) is 24.4 Å². The first kappa shape index (κ1) is 15.6. The number of benzene rings is 1. The van der Waals surface area contributed by atoms with Gasteiger partial charge < -0.3 is 14.5 Å². The Labute approximate surface area is 130 Å². The van der Waals surface area contributed by atoms with Crippen molar-refractivity contribution in [2.75, 3.05) is 13.2 Å². The van der Waals surface area contributed by atoms with Crippen LogP contribution in [0.25, 0.3) is 5.69 Å². The quantitative estimate of drug-likeness (QED) is 0.801. The van der Waals surface area contributed by atoms with Crippen LogP contribution < -0.4 is 9.47 Å². The van der Waals surface area contributed by atoms with Crippen molar-refractivity contribution < 1.29 is 9.47 Å². The number of nitrogens with one attached hydrogen (secondary N) is 1. The van der Waals surface area contributed by atoms with Crippen molar-refractivity contribution in [3.8, 4) is 17.2 Å². The summed E-state index contributed by atoms with van der Waals surface area (Å²) in [5.41, 5.74) is 2.13. The van der Waals surface area contributed by atoms with Crippen LogP contribution in [0.1, 0.15) is 39.3 Å². The molecule has 114 valence electrons. The van der Waals surface area contributed by atoms with E-state index >= 15 is 0 Å². The zero-order valence-corrected chi connectivity index (χ0v) is 13.8. The van der Waals surface area contributed by atoms with Gasteiger partial charge >= 0.3 is 0 Å². The maximum Gasteiger partial charge on any atom is 0.182 e. The van der Waals surface area contributed by atoms with Gasteiger partial charge in [0.1, 0.15) is 0 Å². The molecular weight excluding hydrogens is 284 g/mol. The standard InChI is InChI=1S/C16H22N2O2S/c1-5-19-14-8-7-12(9-15(14)20-6-2)18-13(11(3)4)10-17-16(18)21/h7-11H,5-6H2,1-4H3,(H,17,21). The van der Waals surface area contributed by atoms with E-state index in [9.17, 15) is 0 Å². The van der Waals surface area contributed by atoms with Crippen LogP contribution in [-0.4, -0.2) is 22.8 Å². The van der Waals surface area contributed by atoms with E-state index in [0.717, 1.165) is 22.9 Å². The number of H-pyrrole nitrogens is 1. The molecule has 1 N–H and O–H groups in total. The molecule has 0 aliphatic carbocycles.